The minimum Gasteiger partial charge on any atom is -0.444 e. The van der Waals surface area contributed by atoms with Crippen LogP contribution in [0.2, 0.25) is 0 Å². The highest BCUT2D eigenvalue weighted by Gasteiger charge is 2.32. The molecule has 2 N–H and O–H groups in total. The molecule has 1 fully saturated rings. The van der Waals surface area contributed by atoms with E-state index in [4.69, 9.17) is 4.42 Å². The third kappa shape index (κ3) is 5.11. The lowest BCUT2D eigenvalue weighted by Gasteiger charge is -2.31. The van der Waals surface area contributed by atoms with Gasteiger partial charge in [0.1, 0.15) is 0 Å². The first-order valence-corrected chi connectivity index (χ1v) is 11.0. The van der Waals surface area contributed by atoms with E-state index in [0.29, 0.717) is 5.92 Å². The molecule has 0 aliphatic heterocycles. The minimum atomic E-state index is -3.27. The third-order valence-corrected chi connectivity index (χ3v) is 7.43. The van der Waals surface area contributed by atoms with Crippen molar-refractivity contribution in [1.29, 1.82) is 0 Å². The van der Waals surface area contributed by atoms with Crippen LogP contribution in [0.15, 0.2) is 41.3 Å². The van der Waals surface area contributed by atoms with E-state index in [9.17, 15) is 8.42 Å². The van der Waals surface area contributed by atoms with Gasteiger partial charge in [-0.1, -0.05) is 0 Å². The van der Waals surface area contributed by atoms with E-state index in [2.05, 4.69) is 15.0 Å². The van der Waals surface area contributed by atoms with E-state index < -0.39 is 14.8 Å². The number of anilines is 1. The van der Waals surface area contributed by atoms with Crippen molar-refractivity contribution in [3.8, 4) is 11.3 Å². The maximum absolute atomic E-state index is 12.3. The predicted molar refractivity (Wildman–Crippen MR) is 108 cm³/mol. The second-order valence-electron chi connectivity index (χ2n) is 8.28. The summed E-state index contributed by atoms with van der Waals surface area (Å²) in [5.41, 5.74) is 2.08. The van der Waals surface area contributed by atoms with E-state index in [0.717, 1.165) is 49.2 Å². The molecule has 0 amide bonds. The number of oxazole rings is 1. The molecule has 2 aromatic rings. The van der Waals surface area contributed by atoms with Gasteiger partial charge in [-0.25, -0.2) is 18.1 Å². The number of nitrogens with zero attached hydrogens (tertiary/aromatic N) is 1. The molecule has 1 heterocycles. The standard InChI is InChI=1S/C20H29N3O3S/c1-20(2,3)27(24,25)23-18-8-4-15(5-9-18)12-22-17-10-6-16(7-11-17)19-13-21-14-26-19/h6-7,10-11,13-15,18,22-23H,4-5,8-9,12H2,1-3H3/t15-,18-. The van der Waals surface area contributed by atoms with E-state index in [1.54, 1.807) is 27.0 Å². The predicted octanol–water partition coefficient (Wildman–Crippen LogP) is 4.03. The lowest BCUT2D eigenvalue weighted by molar-refractivity contribution is 0.322. The Morgan fingerprint density at radius 1 is 1.11 bits per heavy atom. The summed E-state index contributed by atoms with van der Waals surface area (Å²) in [6.07, 6.45) is 6.98. The lowest BCUT2D eigenvalue weighted by atomic mass is 9.86. The highest BCUT2D eigenvalue weighted by molar-refractivity contribution is 7.90. The Balaban J connectivity index is 1.45. The fraction of sp³-hybridized carbons (Fsp3) is 0.550. The first-order valence-electron chi connectivity index (χ1n) is 9.49. The van der Waals surface area contributed by atoms with Gasteiger partial charge in [-0.05, 0) is 76.6 Å². The summed E-state index contributed by atoms with van der Waals surface area (Å²) >= 11 is 0. The normalized spacial score (nSPS) is 21.1. The number of aromatic nitrogens is 1. The number of benzene rings is 1. The fourth-order valence-corrected chi connectivity index (χ4v) is 4.28. The molecule has 0 bridgehead atoms. The van der Waals surface area contributed by atoms with Crippen molar-refractivity contribution >= 4 is 15.7 Å². The molecule has 6 nitrogen and oxygen atoms in total. The monoisotopic (exact) mass is 391 g/mol. The Kier molecular flexibility index (Phi) is 5.91. The van der Waals surface area contributed by atoms with Gasteiger partial charge in [-0.2, -0.15) is 0 Å². The van der Waals surface area contributed by atoms with Gasteiger partial charge < -0.3 is 9.73 Å². The summed E-state index contributed by atoms with van der Waals surface area (Å²) < 4.78 is 32.0. The van der Waals surface area contributed by atoms with Crippen LogP contribution in [0, 0.1) is 5.92 Å². The molecule has 1 aliphatic rings. The van der Waals surface area contributed by atoms with Crippen molar-refractivity contribution < 1.29 is 12.8 Å². The van der Waals surface area contributed by atoms with Crippen LogP contribution in [-0.4, -0.2) is 30.7 Å². The smallest absolute Gasteiger partial charge is 0.216 e. The molecule has 0 saturated heterocycles. The van der Waals surface area contributed by atoms with Crippen LogP contribution in [0.3, 0.4) is 0 Å². The fourth-order valence-electron chi connectivity index (χ4n) is 3.25. The van der Waals surface area contributed by atoms with E-state index in [1.165, 1.54) is 6.39 Å². The number of sulfonamides is 1. The Morgan fingerprint density at radius 2 is 1.78 bits per heavy atom. The zero-order chi connectivity index (χ0) is 19.5. The summed E-state index contributed by atoms with van der Waals surface area (Å²) in [4.78, 5) is 3.93. The number of rotatable bonds is 6. The second-order valence-corrected chi connectivity index (χ2v) is 10.7. The van der Waals surface area contributed by atoms with Crippen LogP contribution in [0.4, 0.5) is 5.69 Å². The summed E-state index contributed by atoms with van der Waals surface area (Å²) in [5, 5.41) is 3.49. The molecule has 0 atom stereocenters. The highest BCUT2D eigenvalue weighted by Crippen LogP contribution is 2.27. The van der Waals surface area contributed by atoms with Crippen molar-refractivity contribution in [2.75, 3.05) is 11.9 Å². The third-order valence-electron chi connectivity index (χ3n) is 5.17. The average Bonchev–Trinajstić information content (AvgIpc) is 3.15. The lowest BCUT2D eigenvalue weighted by Crippen LogP contribution is -2.46. The first-order chi connectivity index (χ1) is 12.7. The molecule has 0 radical (unpaired) electrons. The summed E-state index contributed by atoms with van der Waals surface area (Å²) in [7, 11) is -3.27. The maximum Gasteiger partial charge on any atom is 0.216 e. The van der Waals surface area contributed by atoms with Crippen LogP contribution in [-0.2, 0) is 10.0 Å². The first kappa shape index (κ1) is 19.9. The summed E-state index contributed by atoms with van der Waals surface area (Å²) in [6.45, 7) is 6.11. The van der Waals surface area contributed by atoms with Crippen molar-refractivity contribution in [2.45, 2.75) is 57.2 Å². The summed E-state index contributed by atoms with van der Waals surface area (Å²) in [5.74, 6) is 1.33. The molecular weight excluding hydrogens is 362 g/mol. The molecular formula is C20H29N3O3S. The van der Waals surface area contributed by atoms with E-state index in [-0.39, 0.29) is 6.04 Å². The van der Waals surface area contributed by atoms with Gasteiger partial charge in [0.15, 0.2) is 12.2 Å². The molecule has 1 aromatic carbocycles. The van der Waals surface area contributed by atoms with Crippen molar-refractivity contribution in [2.24, 2.45) is 5.92 Å². The summed E-state index contributed by atoms with van der Waals surface area (Å²) in [6, 6.07) is 8.18. The maximum atomic E-state index is 12.3. The van der Waals surface area contributed by atoms with E-state index in [1.807, 2.05) is 24.3 Å². The molecule has 1 saturated carbocycles. The average molecular weight is 392 g/mol. The Labute approximate surface area is 161 Å². The molecule has 148 valence electrons. The highest BCUT2D eigenvalue weighted by atomic mass is 32.2. The zero-order valence-electron chi connectivity index (χ0n) is 16.2. The number of nitrogens with one attached hydrogen (secondary N) is 2. The zero-order valence-corrected chi connectivity index (χ0v) is 17.1. The van der Waals surface area contributed by atoms with Crippen LogP contribution < -0.4 is 10.0 Å². The number of hydrogen-bond donors (Lipinski definition) is 2. The molecule has 7 heteroatoms. The Morgan fingerprint density at radius 3 is 2.33 bits per heavy atom. The topological polar surface area (TPSA) is 84.2 Å². The molecule has 1 aliphatic carbocycles. The van der Waals surface area contributed by atoms with Gasteiger partial charge in [0.05, 0.1) is 10.9 Å². The Bertz CT molecular complexity index is 816. The molecule has 0 spiro atoms. The molecule has 0 unspecified atom stereocenters. The minimum absolute atomic E-state index is 0.0617. The van der Waals surface area contributed by atoms with Crippen LogP contribution in [0.25, 0.3) is 11.3 Å². The van der Waals surface area contributed by atoms with Gasteiger partial charge in [-0.15, -0.1) is 0 Å². The van der Waals surface area contributed by atoms with Crippen molar-refractivity contribution in [3.05, 3.63) is 36.9 Å². The Hall–Kier alpha value is -1.86. The van der Waals surface area contributed by atoms with Crippen LogP contribution in [0.5, 0.6) is 0 Å². The van der Waals surface area contributed by atoms with Gasteiger partial charge >= 0.3 is 0 Å². The molecule has 27 heavy (non-hydrogen) atoms. The van der Waals surface area contributed by atoms with Crippen LogP contribution in [0.1, 0.15) is 46.5 Å². The SMILES string of the molecule is CC(C)(C)S(=O)(=O)N[C@H]1CC[C@H](CNc2ccc(-c3cnco3)cc2)CC1. The van der Waals surface area contributed by atoms with Crippen molar-refractivity contribution in [1.82, 2.24) is 9.71 Å². The quantitative estimate of drug-likeness (QED) is 0.777. The van der Waals surface area contributed by atoms with Gasteiger partial charge in [0, 0.05) is 23.8 Å². The number of hydrogen-bond acceptors (Lipinski definition) is 5. The van der Waals surface area contributed by atoms with Gasteiger partial charge in [-0.3, -0.25) is 0 Å². The van der Waals surface area contributed by atoms with Crippen molar-refractivity contribution in [3.63, 3.8) is 0 Å². The van der Waals surface area contributed by atoms with E-state index >= 15 is 0 Å². The van der Waals surface area contributed by atoms with Gasteiger partial charge in [0.2, 0.25) is 10.0 Å². The van der Waals surface area contributed by atoms with Gasteiger partial charge in [0.25, 0.3) is 0 Å². The second kappa shape index (κ2) is 8.02. The van der Waals surface area contributed by atoms with Crippen LogP contribution >= 0.6 is 0 Å². The molecule has 1 aromatic heterocycles. The largest absolute Gasteiger partial charge is 0.444 e. The molecule has 3 rings (SSSR count).